The summed E-state index contributed by atoms with van der Waals surface area (Å²) in [7, 11) is 0.666. The van der Waals surface area contributed by atoms with Crippen LogP contribution < -0.4 is 33.5 Å². The monoisotopic (exact) mass is 2030 g/mol. The standard InChI is InChI=1S/C45H34N2O7.C35H30N2O5.C28H36N2O6Si2.C4H10O2.4C2H4/c1-27-5-13-31(14-6-27)52-32-15-7-28(8-16-32)45(2,3)29-9-17-33(18-10-29)53-34-19-11-30(12-20-34)47-43(50)38-24-22-36(26-40(38)44(47)51)54-35-21-23-37-39(25-35)42(49)46(4)41(37)48;1-19-7-9-22(15-21(19)3)35(4,5)23-10-8-20(2)30(16-23)37-33(40)27-14-12-25(18-29(27)34(37)41)42-24-11-13-26-28(17-24)32(39)36(6)31(26)38;1-7-8-15-37(3,4)36-38(5,6)16-9-14-30-27(33)22-13-11-20(18-24(22)28(30)34)35-19-10-12-21-23(17-19)26(32)29(2)25(21)31;1-2-4(6)3-5;4*1-2/h5-26H,1-4H3;7-18H,1-6H3;10-13,17-18H,7-9,14-16H2,1-6H3;4-6H,2-3H2,1H3;4*1-2H2. The molecule has 148 heavy (non-hydrogen) atoms. The first-order valence-corrected chi connectivity index (χ1v) is 54.6. The van der Waals surface area contributed by atoms with Crippen LogP contribution in [-0.4, -0.2) is 158 Å². The first kappa shape index (κ1) is 112. The van der Waals surface area contributed by atoms with Crippen LogP contribution in [0.1, 0.15) is 236 Å². The maximum atomic E-state index is 13.7. The molecular formula is C120H126N6O20Si2. The second-order valence-electron chi connectivity index (χ2n) is 37.9. The summed E-state index contributed by atoms with van der Waals surface area (Å²) in [6.07, 6.45) is 3.19. The van der Waals surface area contributed by atoms with Gasteiger partial charge in [0.15, 0.2) is 16.6 Å². The molecule has 0 spiro atoms. The average molecular weight is 2030 g/mol. The first-order valence-electron chi connectivity index (χ1n) is 48.4. The van der Waals surface area contributed by atoms with E-state index in [-0.39, 0.29) is 86.3 Å². The van der Waals surface area contributed by atoms with Crippen LogP contribution in [0.15, 0.2) is 295 Å². The number of nitrogens with zero attached hydrogens (tertiary/aromatic N) is 6. The molecule has 6 aliphatic heterocycles. The number of carbonyl (C=O) groups excluding carboxylic acids is 12. The highest BCUT2D eigenvalue weighted by molar-refractivity contribution is 6.84. The van der Waals surface area contributed by atoms with Gasteiger partial charge in [0.05, 0.1) is 90.8 Å². The number of fused-ring (bicyclic) bond motifs is 6. The van der Waals surface area contributed by atoms with Crippen molar-refractivity contribution in [2.24, 2.45) is 0 Å². The predicted octanol–water partition coefficient (Wildman–Crippen LogP) is 25.4. The van der Waals surface area contributed by atoms with Crippen LogP contribution in [0.5, 0.6) is 57.5 Å². The Hall–Kier alpha value is -16.2. The molecule has 12 amide bonds. The molecule has 26 nitrogen and oxygen atoms in total. The third-order valence-corrected chi connectivity index (χ3v) is 33.8. The number of benzene rings is 12. The van der Waals surface area contributed by atoms with Gasteiger partial charge in [-0.3, -0.25) is 77.1 Å². The van der Waals surface area contributed by atoms with Crippen LogP contribution in [0.4, 0.5) is 11.4 Å². The van der Waals surface area contributed by atoms with Gasteiger partial charge in [0.1, 0.15) is 57.5 Å². The molecule has 6 aliphatic rings. The molecule has 18 rings (SSSR count). The van der Waals surface area contributed by atoms with Crippen molar-refractivity contribution in [3.8, 4) is 57.5 Å². The largest absolute Gasteiger partial charge is 0.457 e. The van der Waals surface area contributed by atoms with Crippen molar-refractivity contribution < 1.29 is 95.5 Å². The van der Waals surface area contributed by atoms with Gasteiger partial charge in [-0.2, -0.15) is 0 Å². The Bertz CT molecular complexity index is 7100. The summed E-state index contributed by atoms with van der Waals surface area (Å²) in [6.45, 7) is 54.0. The van der Waals surface area contributed by atoms with Crippen molar-refractivity contribution in [1.29, 1.82) is 0 Å². The number of amides is 12. The van der Waals surface area contributed by atoms with Gasteiger partial charge in [0.25, 0.3) is 70.9 Å². The van der Waals surface area contributed by atoms with E-state index in [1.54, 1.807) is 103 Å². The van der Waals surface area contributed by atoms with Gasteiger partial charge < -0.3 is 38.0 Å². The van der Waals surface area contributed by atoms with Gasteiger partial charge in [-0.25, -0.2) is 9.80 Å². The number of rotatable bonds is 27. The van der Waals surface area contributed by atoms with E-state index < -0.39 is 58.2 Å². The molecule has 2 N–H and O–H groups in total. The Kier molecular flexibility index (Phi) is 36.2. The molecule has 0 aliphatic carbocycles. The zero-order valence-electron chi connectivity index (χ0n) is 86.9. The predicted molar refractivity (Wildman–Crippen MR) is 581 cm³/mol. The van der Waals surface area contributed by atoms with Gasteiger partial charge in [-0.1, -0.05) is 127 Å². The first-order chi connectivity index (χ1) is 70.5. The summed E-state index contributed by atoms with van der Waals surface area (Å²) in [5, 5.41) is 16.5. The van der Waals surface area contributed by atoms with E-state index in [0.29, 0.717) is 110 Å². The third kappa shape index (κ3) is 24.3. The number of ether oxygens (including phenoxy) is 5. The lowest BCUT2D eigenvalue weighted by Crippen LogP contribution is -2.44. The van der Waals surface area contributed by atoms with Gasteiger partial charge in [-0.15, -0.1) is 52.6 Å². The highest BCUT2D eigenvalue weighted by atomic mass is 28.4. The fourth-order valence-electron chi connectivity index (χ4n) is 17.5. The molecule has 0 aromatic heterocycles. The summed E-state index contributed by atoms with van der Waals surface area (Å²) in [6, 6.07) is 73.3. The maximum absolute atomic E-state index is 13.7. The average Bonchev–Trinajstić information content (AvgIpc) is 1.59. The SMILES string of the molecule is C=C.C=C.C=C.C=C.CCC(O)CO.CCCC[Si](C)(C)O[Si](C)(C)CCCN1C(=O)c2ccc(Oc3ccc4c(c3)C(=O)N(C)C4=O)cc2C1=O.Cc1ccc(C(C)(C)c2ccc(C)c(N3C(=O)c4ccc(Oc5ccc6c(c5)C(=O)N(C)C6=O)cc4C3=O)c2)cc1C.Cc1ccc(Oc2ccc(C(C)(C)c3ccc(Oc4ccc(N5C(=O)c6ccc(Oc7ccc8c(c7)C(=O)N(C)C8=O)cc6C5=O)cc4)cc3)cc2)cc1. The molecule has 12 aromatic carbocycles. The number of hydrogen-bond donors (Lipinski definition) is 2. The summed E-state index contributed by atoms with van der Waals surface area (Å²) in [5.41, 5.74) is 12.5. The Morgan fingerprint density at radius 3 is 0.932 bits per heavy atom. The summed E-state index contributed by atoms with van der Waals surface area (Å²) < 4.78 is 36.6. The van der Waals surface area contributed by atoms with Crippen LogP contribution in [-0.2, 0) is 14.9 Å². The second-order valence-corrected chi connectivity index (χ2v) is 46.8. The van der Waals surface area contributed by atoms with Crippen molar-refractivity contribution in [3.05, 3.63) is 407 Å². The minimum absolute atomic E-state index is 0.115. The second kappa shape index (κ2) is 47.7. The number of unbranched alkanes of at least 4 members (excludes halogenated alkanes) is 1. The molecule has 0 bridgehead atoms. The fraction of sp³-hybridized carbons (Fsp3) is 0.233. The lowest BCUT2D eigenvalue weighted by molar-refractivity contribution is 0.0644. The Morgan fingerprint density at radius 2 is 0.574 bits per heavy atom. The Balaban J connectivity index is 0.000000201. The number of hydrogen-bond acceptors (Lipinski definition) is 20. The van der Waals surface area contributed by atoms with Crippen molar-refractivity contribution in [3.63, 3.8) is 0 Å². The molecule has 1 atom stereocenters. The van der Waals surface area contributed by atoms with E-state index in [4.69, 9.17) is 38.0 Å². The molecule has 0 saturated carbocycles. The molecular weight excluding hydrogens is 1900 g/mol. The van der Waals surface area contributed by atoms with Crippen LogP contribution in [0.3, 0.4) is 0 Å². The van der Waals surface area contributed by atoms with Crippen LogP contribution in [0, 0.1) is 27.7 Å². The van der Waals surface area contributed by atoms with Crippen molar-refractivity contribution in [2.75, 3.05) is 44.1 Å². The summed E-state index contributed by atoms with van der Waals surface area (Å²) in [5.74, 6) is 0.139. The lowest BCUT2D eigenvalue weighted by Gasteiger charge is -2.34. The van der Waals surface area contributed by atoms with Crippen molar-refractivity contribution >= 4 is 98.9 Å². The topological polar surface area (TPSA) is 320 Å². The number of aliphatic hydroxyl groups is 2. The lowest BCUT2D eigenvalue weighted by atomic mass is 9.77. The van der Waals surface area contributed by atoms with Crippen LogP contribution in [0.25, 0.3) is 0 Å². The highest BCUT2D eigenvalue weighted by Gasteiger charge is 2.44. The number of aliphatic hydroxyl groups excluding tert-OH is 2. The van der Waals surface area contributed by atoms with E-state index in [9.17, 15) is 57.5 Å². The smallest absolute Gasteiger partial charge is 0.266 e. The number of carbonyl (C=O) groups is 12. The van der Waals surface area contributed by atoms with E-state index in [1.165, 1.54) is 90.8 Å². The van der Waals surface area contributed by atoms with E-state index in [1.807, 2.05) is 99.6 Å². The third-order valence-electron chi connectivity index (χ3n) is 26.2. The molecule has 28 heteroatoms. The van der Waals surface area contributed by atoms with Gasteiger partial charge in [0.2, 0.25) is 0 Å². The zero-order valence-corrected chi connectivity index (χ0v) is 88.9. The number of aryl methyl sites for hydroxylation is 4. The summed E-state index contributed by atoms with van der Waals surface area (Å²) in [4.78, 5) is 161. The van der Waals surface area contributed by atoms with E-state index in [2.05, 4.69) is 158 Å². The Labute approximate surface area is 867 Å². The molecule has 764 valence electrons. The van der Waals surface area contributed by atoms with Crippen molar-refractivity contribution in [2.45, 2.75) is 150 Å². The summed E-state index contributed by atoms with van der Waals surface area (Å²) >= 11 is 0. The van der Waals surface area contributed by atoms with Crippen molar-refractivity contribution in [1.82, 2.24) is 19.6 Å². The minimum atomic E-state index is -1.91. The fourth-order valence-corrected chi connectivity index (χ4v) is 26.6. The molecule has 12 aromatic rings. The van der Waals surface area contributed by atoms with Gasteiger partial charge in [0, 0.05) is 38.5 Å². The highest BCUT2D eigenvalue weighted by Crippen LogP contribution is 2.44. The molecule has 6 heterocycles. The molecule has 1 unspecified atom stereocenters. The van der Waals surface area contributed by atoms with E-state index >= 15 is 0 Å². The molecule has 0 saturated heterocycles. The Morgan fingerprint density at radius 1 is 0.304 bits per heavy atom. The van der Waals surface area contributed by atoms with Crippen LogP contribution in [0.2, 0.25) is 38.3 Å². The molecule has 0 fully saturated rings. The normalized spacial score (nSPS) is 13.8. The molecule has 0 radical (unpaired) electrons. The van der Waals surface area contributed by atoms with Gasteiger partial charge in [-0.05, 0) is 294 Å². The minimum Gasteiger partial charge on any atom is -0.457 e. The van der Waals surface area contributed by atoms with Crippen LogP contribution >= 0.6 is 0 Å². The zero-order chi connectivity index (χ0) is 109. The van der Waals surface area contributed by atoms with Gasteiger partial charge >= 0.3 is 0 Å². The number of imide groups is 6. The van der Waals surface area contributed by atoms with E-state index in [0.717, 1.165) is 71.0 Å². The quantitative estimate of drug-likeness (QED) is 0.0274. The maximum Gasteiger partial charge on any atom is 0.266 e. The number of anilines is 2.